The number of carbonyl (C=O) groups excluding carboxylic acids is 1. The predicted octanol–water partition coefficient (Wildman–Crippen LogP) is 4.58. The molecule has 0 spiro atoms. The van der Waals surface area contributed by atoms with Crippen LogP contribution in [0.4, 0.5) is 4.79 Å². The van der Waals surface area contributed by atoms with E-state index in [-0.39, 0.29) is 18.8 Å². The SMILES string of the molecule is CC(C)(C)OC(=O)NCCn1c(C(=O)O)c(-c2ccc(Cl)cc2)c2ncccc21. The Balaban J connectivity index is 1.99. The summed E-state index contributed by atoms with van der Waals surface area (Å²) in [7, 11) is 0. The van der Waals surface area contributed by atoms with Crippen LogP contribution in [0.5, 0.6) is 0 Å². The molecule has 2 heterocycles. The summed E-state index contributed by atoms with van der Waals surface area (Å²) in [4.78, 5) is 28.5. The molecule has 0 atom stereocenters. The first-order valence-corrected chi connectivity index (χ1v) is 9.48. The van der Waals surface area contributed by atoms with Crippen LogP contribution < -0.4 is 5.32 Å². The number of aromatic carboxylic acids is 1. The van der Waals surface area contributed by atoms with Gasteiger partial charge in [-0.3, -0.25) is 4.98 Å². The lowest BCUT2D eigenvalue weighted by Gasteiger charge is -2.20. The predicted molar refractivity (Wildman–Crippen MR) is 111 cm³/mol. The molecule has 2 N–H and O–H groups in total. The van der Waals surface area contributed by atoms with Crippen molar-refractivity contribution >= 4 is 34.7 Å². The number of fused-ring (bicyclic) bond motifs is 1. The van der Waals surface area contributed by atoms with Crippen LogP contribution in [0, 0.1) is 0 Å². The van der Waals surface area contributed by atoms with Crippen molar-refractivity contribution in [2.24, 2.45) is 0 Å². The molecular formula is C21H22ClN3O4. The van der Waals surface area contributed by atoms with Crippen LogP contribution in [0.2, 0.25) is 5.02 Å². The van der Waals surface area contributed by atoms with Crippen LogP contribution in [0.15, 0.2) is 42.6 Å². The maximum absolute atomic E-state index is 12.2. The van der Waals surface area contributed by atoms with Gasteiger partial charge in [-0.05, 0) is 50.6 Å². The molecule has 0 bridgehead atoms. The minimum atomic E-state index is -1.08. The molecule has 0 aliphatic carbocycles. The van der Waals surface area contributed by atoms with Crippen LogP contribution in [0.3, 0.4) is 0 Å². The van der Waals surface area contributed by atoms with Gasteiger partial charge in [0.2, 0.25) is 0 Å². The fourth-order valence-electron chi connectivity index (χ4n) is 3.10. The fourth-order valence-corrected chi connectivity index (χ4v) is 3.23. The number of hydrogen-bond donors (Lipinski definition) is 2. The number of nitrogens with one attached hydrogen (secondary N) is 1. The lowest BCUT2D eigenvalue weighted by molar-refractivity contribution is 0.0526. The van der Waals surface area contributed by atoms with Gasteiger partial charge < -0.3 is 19.7 Å². The zero-order valence-corrected chi connectivity index (χ0v) is 17.2. The molecule has 29 heavy (non-hydrogen) atoms. The van der Waals surface area contributed by atoms with Gasteiger partial charge in [-0.2, -0.15) is 0 Å². The molecule has 0 aliphatic rings. The van der Waals surface area contributed by atoms with Crippen molar-refractivity contribution in [3.63, 3.8) is 0 Å². The molecule has 0 fully saturated rings. The summed E-state index contributed by atoms with van der Waals surface area (Å²) in [5.41, 5.74) is 1.95. The standard InChI is InChI=1S/C21H22ClN3O4/c1-21(2,3)29-20(28)24-11-12-25-15-5-4-10-23-17(15)16(18(25)19(26)27)13-6-8-14(22)9-7-13/h4-10H,11-12H2,1-3H3,(H,24,28)(H,26,27). The maximum Gasteiger partial charge on any atom is 0.407 e. The van der Waals surface area contributed by atoms with Crippen LogP contribution in [0.25, 0.3) is 22.2 Å². The van der Waals surface area contributed by atoms with Crippen LogP contribution in [0.1, 0.15) is 31.3 Å². The Bertz CT molecular complexity index is 1050. The molecular weight excluding hydrogens is 394 g/mol. The van der Waals surface area contributed by atoms with Gasteiger partial charge in [-0.25, -0.2) is 9.59 Å². The number of nitrogens with zero attached hydrogens (tertiary/aromatic N) is 2. The number of carboxylic acid groups (broad SMARTS) is 1. The van der Waals surface area contributed by atoms with Crippen molar-refractivity contribution < 1.29 is 19.4 Å². The molecule has 2 aromatic heterocycles. The first-order chi connectivity index (χ1) is 13.7. The number of halogens is 1. The average molecular weight is 416 g/mol. The third kappa shape index (κ3) is 4.68. The molecule has 0 radical (unpaired) electrons. The van der Waals surface area contributed by atoms with Gasteiger partial charge in [0.25, 0.3) is 0 Å². The van der Waals surface area contributed by atoms with Gasteiger partial charge >= 0.3 is 12.1 Å². The van der Waals surface area contributed by atoms with Gasteiger partial charge in [-0.1, -0.05) is 23.7 Å². The maximum atomic E-state index is 12.2. The minimum absolute atomic E-state index is 0.104. The molecule has 1 amide bonds. The number of aromatic nitrogens is 2. The number of ether oxygens (including phenoxy) is 1. The van der Waals surface area contributed by atoms with Crippen molar-refractivity contribution in [1.82, 2.24) is 14.9 Å². The lowest BCUT2D eigenvalue weighted by Crippen LogP contribution is -2.34. The van der Waals surface area contributed by atoms with Gasteiger partial charge in [0.15, 0.2) is 0 Å². The van der Waals surface area contributed by atoms with E-state index in [4.69, 9.17) is 16.3 Å². The van der Waals surface area contributed by atoms with Crippen molar-refractivity contribution in [3.05, 3.63) is 53.3 Å². The zero-order valence-electron chi connectivity index (χ0n) is 16.4. The molecule has 3 rings (SSSR count). The average Bonchev–Trinajstić information content (AvgIpc) is 2.96. The Morgan fingerprint density at radius 3 is 2.52 bits per heavy atom. The number of pyridine rings is 1. The second-order valence-electron chi connectivity index (χ2n) is 7.49. The number of carboxylic acids is 1. The largest absolute Gasteiger partial charge is 0.477 e. The molecule has 3 aromatic rings. The van der Waals surface area contributed by atoms with E-state index < -0.39 is 17.7 Å². The highest BCUT2D eigenvalue weighted by atomic mass is 35.5. The van der Waals surface area contributed by atoms with E-state index >= 15 is 0 Å². The number of benzene rings is 1. The molecule has 0 saturated carbocycles. The minimum Gasteiger partial charge on any atom is -0.477 e. The van der Waals surface area contributed by atoms with E-state index in [2.05, 4.69) is 10.3 Å². The van der Waals surface area contributed by atoms with Crippen LogP contribution in [-0.4, -0.2) is 38.9 Å². The monoisotopic (exact) mass is 415 g/mol. The summed E-state index contributed by atoms with van der Waals surface area (Å²) >= 11 is 5.98. The van der Waals surface area contributed by atoms with Crippen molar-refractivity contribution in [3.8, 4) is 11.1 Å². The number of hydrogen-bond acceptors (Lipinski definition) is 4. The first-order valence-electron chi connectivity index (χ1n) is 9.10. The second-order valence-corrected chi connectivity index (χ2v) is 7.92. The highest BCUT2D eigenvalue weighted by Gasteiger charge is 2.24. The second kappa shape index (κ2) is 8.13. The molecule has 7 nitrogen and oxygen atoms in total. The Labute approximate surface area is 173 Å². The summed E-state index contributed by atoms with van der Waals surface area (Å²) in [5, 5.41) is 13.2. The lowest BCUT2D eigenvalue weighted by atomic mass is 10.0. The molecule has 0 saturated heterocycles. The quantitative estimate of drug-likeness (QED) is 0.636. The van der Waals surface area contributed by atoms with E-state index in [0.717, 1.165) is 0 Å². The molecule has 1 aromatic carbocycles. The number of amides is 1. The highest BCUT2D eigenvalue weighted by molar-refractivity contribution is 6.30. The number of carbonyl (C=O) groups is 2. The summed E-state index contributed by atoms with van der Waals surface area (Å²) in [5.74, 6) is -1.08. The summed E-state index contributed by atoms with van der Waals surface area (Å²) in [6, 6.07) is 10.5. The van der Waals surface area contributed by atoms with Crippen molar-refractivity contribution in [2.45, 2.75) is 32.9 Å². The molecule has 0 unspecified atom stereocenters. The zero-order chi connectivity index (χ0) is 21.2. The summed E-state index contributed by atoms with van der Waals surface area (Å²) in [6.45, 7) is 5.78. The van der Waals surface area contributed by atoms with Gasteiger partial charge in [-0.15, -0.1) is 0 Å². The first kappa shape index (κ1) is 20.7. The normalized spacial score (nSPS) is 11.4. The van der Waals surface area contributed by atoms with Gasteiger partial charge in [0.05, 0.1) is 11.0 Å². The van der Waals surface area contributed by atoms with E-state index in [1.54, 1.807) is 61.9 Å². The Morgan fingerprint density at radius 2 is 1.90 bits per heavy atom. The van der Waals surface area contributed by atoms with Gasteiger partial charge in [0, 0.05) is 29.9 Å². The number of alkyl carbamates (subject to hydrolysis) is 1. The Hall–Kier alpha value is -3.06. The third-order valence-electron chi connectivity index (χ3n) is 4.16. The molecule has 152 valence electrons. The number of rotatable bonds is 5. The van der Waals surface area contributed by atoms with E-state index in [9.17, 15) is 14.7 Å². The molecule has 8 heteroatoms. The van der Waals surface area contributed by atoms with Crippen LogP contribution in [-0.2, 0) is 11.3 Å². The van der Waals surface area contributed by atoms with E-state index in [1.165, 1.54) is 0 Å². The van der Waals surface area contributed by atoms with Gasteiger partial charge in [0.1, 0.15) is 11.3 Å². The topological polar surface area (TPSA) is 93.5 Å². The summed E-state index contributed by atoms with van der Waals surface area (Å²) in [6.07, 6.45) is 1.07. The van der Waals surface area contributed by atoms with Crippen molar-refractivity contribution in [1.29, 1.82) is 0 Å². The third-order valence-corrected chi connectivity index (χ3v) is 4.41. The Kier molecular flexibility index (Phi) is 5.79. The van der Waals surface area contributed by atoms with Crippen molar-refractivity contribution in [2.75, 3.05) is 6.54 Å². The Morgan fingerprint density at radius 1 is 1.21 bits per heavy atom. The molecule has 0 aliphatic heterocycles. The van der Waals surface area contributed by atoms with E-state index in [0.29, 0.717) is 27.2 Å². The fraction of sp³-hybridized carbons (Fsp3) is 0.286. The van der Waals surface area contributed by atoms with Crippen LogP contribution >= 0.6 is 11.6 Å². The highest BCUT2D eigenvalue weighted by Crippen LogP contribution is 2.34. The summed E-state index contributed by atoms with van der Waals surface area (Å²) < 4.78 is 6.87. The smallest absolute Gasteiger partial charge is 0.407 e. The van der Waals surface area contributed by atoms with E-state index in [1.807, 2.05) is 6.07 Å².